The minimum Gasteiger partial charge on any atom is -0.381 e. The average Bonchev–Trinajstić information content (AvgIpc) is 2.15. The van der Waals surface area contributed by atoms with Gasteiger partial charge in [-0.15, -0.1) is 0 Å². The second-order valence-corrected chi connectivity index (χ2v) is 6.14. The van der Waals surface area contributed by atoms with Gasteiger partial charge in [-0.1, -0.05) is 0 Å². The van der Waals surface area contributed by atoms with E-state index < -0.39 is 15.3 Å². The largest absolute Gasteiger partial charge is 0.381 e. The van der Waals surface area contributed by atoms with Crippen molar-refractivity contribution in [1.29, 1.82) is 5.26 Å². The zero-order valence-corrected chi connectivity index (χ0v) is 9.14. The summed E-state index contributed by atoms with van der Waals surface area (Å²) in [7, 11) is -2.96. The molecule has 0 spiro atoms. The summed E-state index contributed by atoms with van der Waals surface area (Å²) in [5.41, 5.74) is -0.471. The molecule has 0 saturated carbocycles. The number of hydrogen-bond donors (Lipinski definition) is 0. The lowest BCUT2D eigenvalue weighted by atomic mass is 9.79. The molecule has 0 bridgehead atoms. The van der Waals surface area contributed by atoms with E-state index in [1.807, 2.05) is 0 Å². The quantitative estimate of drug-likeness (QED) is 0.699. The molecule has 5 heteroatoms. The average molecular weight is 217 g/mol. The highest BCUT2D eigenvalue weighted by Crippen LogP contribution is 2.33. The van der Waals surface area contributed by atoms with Crippen LogP contribution >= 0.6 is 0 Å². The monoisotopic (exact) mass is 217 g/mol. The van der Waals surface area contributed by atoms with Gasteiger partial charge in [-0.05, 0) is 19.3 Å². The highest BCUT2D eigenvalue weighted by molar-refractivity contribution is 7.90. The Morgan fingerprint density at radius 1 is 1.43 bits per heavy atom. The third-order valence-electron chi connectivity index (χ3n) is 2.64. The van der Waals surface area contributed by atoms with Gasteiger partial charge in [-0.3, -0.25) is 0 Å². The van der Waals surface area contributed by atoms with Gasteiger partial charge >= 0.3 is 0 Å². The number of hydrogen-bond acceptors (Lipinski definition) is 4. The second-order valence-electron chi connectivity index (χ2n) is 3.88. The first-order valence-corrected chi connectivity index (χ1v) is 6.70. The summed E-state index contributed by atoms with van der Waals surface area (Å²) in [6.45, 7) is 1.13. The van der Waals surface area contributed by atoms with Crippen LogP contribution in [0.25, 0.3) is 0 Å². The van der Waals surface area contributed by atoms with Gasteiger partial charge < -0.3 is 4.74 Å². The predicted octanol–water partition coefficient (Wildman–Crippen LogP) is 0.741. The Morgan fingerprint density at radius 3 is 2.43 bits per heavy atom. The number of nitrogens with zero attached hydrogens (tertiary/aromatic N) is 1. The highest BCUT2D eigenvalue weighted by Gasteiger charge is 2.33. The molecule has 0 radical (unpaired) electrons. The van der Waals surface area contributed by atoms with Gasteiger partial charge in [-0.25, -0.2) is 8.42 Å². The van der Waals surface area contributed by atoms with Crippen LogP contribution in [0.15, 0.2) is 0 Å². The van der Waals surface area contributed by atoms with Crippen LogP contribution in [0.3, 0.4) is 0 Å². The molecule has 1 saturated heterocycles. The molecule has 0 aromatic heterocycles. The summed E-state index contributed by atoms with van der Waals surface area (Å²) in [6, 6.07) is 2.25. The summed E-state index contributed by atoms with van der Waals surface area (Å²) < 4.78 is 27.1. The standard InChI is InChI=1S/C9H15NO3S/c1-14(11,12)7-4-9(8-10)2-5-13-6-3-9/h2-7H2,1H3. The Labute approximate surface area is 84.8 Å². The first-order valence-electron chi connectivity index (χ1n) is 4.64. The molecule has 0 aromatic carbocycles. The van der Waals surface area contributed by atoms with Crippen LogP contribution in [0.5, 0.6) is 0 Å². The maximum atomic E-state index is 11.0. The minimum absolute atomic E-state index is 0.0978. The Balaban J connectivity index is 2.58. The molecule has 1 heterocycles. The summed E-state index contributed by atoms with van der Waals surface area (Å²) in [6.07, 6.45) is 2.95. The molecule has 1 aliphatic heterocycles. The maximum absolute atomic E-state index is 11.0. The molecule has 4 nitrogen and oxygen atoms in total. The number of nitriles is 1. The summed E-state index contributed by atoms with van der Waals surface area (Å²) in [5, 5.41) is 9.04. The molecule has 0 N–H and O–H groups in total. The van der Waals surface area contributed by atoms with Crippen LogP contribution < -0.4 is 0 Å². The zero-order valence-electron chi connectivity index (χ0n) is 8.32. The number of sulfone groups is 1. The Morgan fingerprint density at radius 2 is 2.00 bits per heavy atom. The van der Waals surface area contributed by atoms with Crippen molar-refractivity contribution >= 4 is 9.84 Å². The molecule has 0 unspecified atom stereocenters. The Hall–Kier alpha value is -0.600. The first kappa shape index (κ1) is 11.5. The van der Waals surface area contributed by atoms with Crippen molar-refractivity contribution in [2.45, 2.75) is 19.3 Å². The predicted molar refractivity (Wildman–Crippen MR) is 52.4 cm³/mol. The molecule has 0 aliphatic carbocycles. The SMILES string of the molecule is CS(=O)(=O)CCC1(C#N)CCOCC1. The number of rotatable bonds is 3. The van der Waals surface area contributed by atoms with Gasteiger partial charge in [0.1, 0.15) is 9.84 Å². The third-order valence-corrected chi connectivity index (χ3v) is 3.58. The van der Waals surface area contributed by atoms with Crippen molar-refractivity contribution in [1.82, 2.24) is 0 Å². The van der Waals surface area contributed by atoms with E-state index in [4.69, 9.17) is 10.00 Å². The normalized spacial score (nSPS) is 21.4. The van der Waals surface area contributed by atoms with Crippen molar-refractivity contribution in [3.05, 3.63) is 0 Å². The smallest absolute Gasteiger partial charge is 0.147 e. The lowest BCUT2D eigenvalue weighted by molar-refractivity contribution is 0.0393. The van der Waals surface area contributed by atoms with E-state index in [1.165, 1.54) is 6.26 Å². The topological polar surface area (TPSA) is 67.2 Å². The Kier molecular flexibility index (Phi) is 3.51. The maximum Gasteiger partial charge on any atom is 0.147 e. The van der Waals surface area contributed by atoms with E-state index in [0.29, 0.717) is 32.5 Å². The first-order chi connectivity index (χ1) is 6.47. The molecule has 1 fully saturated rings. The van der Waals surface area contributed by atoms with E-state index in [-0.39, 0.29) is 5.75 Å². The molecular weight excluding hydrogens is 202 g/mol. The van der Waals surface area contributed by atoms with E-state index in [2.05, 4.69) is 6.07 Å². The Bertz CT molecular complexity index is 322. The van der Waals surface area contributed by atoms with E-state index in [1.54, 1.807) is 0 Å². The van der Waals surface area contributed by atoms with Gasteiger partial charge in [0.25, 0.3) is 0 Å². The van der Waals surface area contributed by atoms with Gasteiger partial charge in [0.2, 0.25) is 0 Å². The lowest BCUT2D eigenvalue weighted by Gasteiger charge is -2.30. The summed E-state index contributed by atoms with van der Waals surface area (Å²) in [4.78, 5) is 0. The molecule has 14 heavy (non-hydrogen) atoms. The van der Waals surface area contributed by atoms with Gasteiger partial charge in [-0.2, -0.15) is 5.26 Å². The van der Waals surface area contributed by atoms with Crippen LogP contribution in [0.2, 0.25) is 0 Å². The molecule has 80 valence electrons. The summed E-state index contributed by atoms with van der Waals surface area (Å²) >= 11 is 0. The molecule has 0 atom stereocenters. The van der Waals surface area contributed by atoms with Crippen molar-refractivity contribution in [3.63, 3.8) is 0 Å². The molecule has 1 aliphatic rings. The minimum atomic E-state index is -2.96. The van der Waals surface area contributed by atoms with E-state index >= 15 is 0 Å². The van der Waals surface area contributed by atoms with Gasteiger partial charge in [0.15, 0.2) is 0 Å². The van der Waals surface area contributed by atoms with Crippen LogP contribution in [0, 0.1) is 16.7 Å². The molecular formula is C9H15NO3S. The van der Waals surface area contributed by atoms with Crippen LogP contribution in [0.4, 0.5) is 0 Å². The second kappa shape index (κ2) is 4.28. The fourth-order valence-electron chi connectivity index (χ4n) is 1.56. The fourth-order valence-corrected chi connectivity index (χ4v) is 2.32. The van der Waals surface area contributed by atoms with Crippen molar-refractivity contribution in [2.75, 3.05) is 25.2 Å². The van der Waals surface area contributed by atoms with E-state index in [0.717, 1.165) is 0 Å². The molecule has 0 aromatic rings. The molecule has 1 rings (SSSR count). The van der Waals surface area contributed by atoms with Gasteiger partial charge in [0, 0.05) is 19.5 Å². The van der Waals surface area contributed by atoms with Crippen molar-refractivity contribution in [2.24, 2.45) is 5.41 Å². The van der Waals surface area contributed by atoms with Crippen LogP contribution in [-0.4, -0.2) is 33.6 Å². The highest BCUT2D eigenvalue weighted by atomic mass is 32.2. The zero-order chi connectivity index (χ0) is 10.7. The van der Waals surface area contributed by atoms with Gasteiger partial charge in [0.05, 0.1) is 17.2 Å². The summed E-state index contributed by atoms with van der Waals surface area (Å²) in [5.74, 6) is 0.0978. The van der Waals surface area contributed by atoms with Crippen LogP contribution in [0.1, 0.15) is 19.3 Å². The lowest BCUT2D eigenvalue weighted by Crippen LogP contribution is -2.30. The molecule has 0 amide bonds. The fraction of sp³-hybridized carbons (Fsp3) is 0.889. The third kappa shape index (κ3) is 3.28. The van der Waals surface area contributed by atoms with Crippen LogP contribution in [-0.2, 0) is 14.6 Å². The van der Waals surface area contributed by atoms with Crippen molar-refractivity contribution < 1.29 is 13.2 Å². The number of ether oxygens (including phenoxy) is 1. The van der Waals surface area contributed by atoms with E-state index in [9.17, 15) is 8.42 Å². The van der Waals surface area contributed by atoms with Crippen molar-refractivity contribution in [3.8, 4) is 6.07 Å².